The molecule has 2 rings (SSSR count). The molecule has 0 aromatic carbocycles. The van der Waals surface area contributed by atoms with Crippen LogP contribution in [-0.2, 0) is 11.1 Å². The van der Waals surface area contributed by atoms with Gasteiger partial charge >= 0.3 is 0 Å². The average Bonchev–Trinajstić information content (AvgIpc) is 3.05. The fourth-order valence-corrected chi connectivity index (χ4v) is 2.74. The van der Waals surface area contributed by atoms with E-state index in [1.165, 1.54) is 6.20 Å². The number of allylic oxidation sites excluding steroid dienone is 2. The second-order valence-electron chi connectivity index (χ2n) is 7.09. The summed E-state index contributed by atoms with van der Waals surface area (Å²) in [6.07, 6.45) is 8.11. The molecule has 0 saturated carbocycles. The number of nitrogens with zero attached hydrogens (tertiary/aromatic N) is 4. The molecule has 2 aromatic heterocycles. The normalized spacial score (nSPS) is 13.6. The first-order chi connectivity index (χ1) is 12.5. The van der Waals surface area contributed by atoms with E-state index in [4.69, 9.17) is 17.3 Å². The summed E-state index contributed by atoms with van der Waals surface area (Å²) in [5, 5.41) is 17.9. The number of nitrogens with two attached hydrogens (primary N) is 1. The van der Waals surface area contributed by atoms with Crippen molar-refractivity contribution >= 4 is 23.3 Å². The Morgan fingerprint density at radius 1 is 1.41 bits per heavy atom. The minimum Gasteiger partial charge on any atom is -0.386 e. The number of rotatable bonds is 6. The highest BCUT2D eigenvalue weighted by molar-refractivity contribution is 6.31. The lowest BCUT2D eigenvalue weighted by atomic mass is 10.00. The summed E-state index contributed by atoms with van der Waals surface area (Å²) in [6, 6.07) is 3.54. The molecule has 7 nitrogen and oxygen atoms in total. The molecule has 0 saturated heterocycles. The highest BCUT2D eigenvalue weighted by Crippen LogP contribution is 2.25. The molecule has 0 bridgehead atoms. The van der Waals surface area contributed by atoms with Crippen LogP contribution in [0.1, 0.15) is 39.0 Å². The van der Waals surface area contributed by atoms with Crippen molar-refractivity contribution in [3.8, 4) is 0 Å². The average molecular weight is 389 g/mol. The predicted molar refractivity (Wildman–Crippen MR) is 109 cm³/mol. The zero-order chi connectivity index (χ0) is 20.2. The molecular weight excluding hydrogens is 364 g/mol. The van der Waals surface area contributed by atoms with Gasteiger partial charge in [0.25, 0.3) is 0 Å². The van der Waals surface area contributed by atoms with Crippen LogP contribution in [0.2, 0.25) is 5.02 Å². The molecular formula is C19H25ClN6O. The van der Waals surface area contributed by atoms with Crippen molar-refractivity contribution < 1.29 is 5.11 Å². The number of aliphatic hydroxyl groups is 1. The number of guanidine groups is 1. The fraction of sp³-hybridized carbons (Fsp3) is 0.316. The van der Waals surface area contributed by atoms with Gasteiger partial charge in [0, 0.05) is 18.0 Å². The van der Waals surface area contributed by atoms with Gasteiger partial charge in [-0.05, 0) is 45.9 Å². The molecule has 0 unspecified atom stereocenters. The standard InChI is InChI=1S/C19H25ClN6O/c1-6-14(26-12-13(10-24-26)19(4,5)27)11-23-17(21)25-18(2,3)16-15(20)8-7-9-22-16/h6-12,27H,1H2,2-5H3,(H3,21,23,25)/b14-11+. The summed E-state index contributed by atoms with van der Waals surface area (Å²) >= 11 is 6.22. The number of halogens is 1. The minimum absolute atomic E-state index is 0.191. The molecule has 0 aliphatic rings. The van der Waals surface area contributed by atoms with Gasteiger partial charge < -0.3 is 16.2 Å². The second kappa shape index (κ2) is 7.94. The zero-order valence-electron chi connectivity index (χ0n) is 15.9. The second-order valence-corrected chi connectivity index (χ2v) is 7.50. The van der Waals surface area contributed by atoms with Gasteiger partial charge in [-0.15, -0.1) is 0 Å². The Hall–Kier alpha value is -2.64. The minimum atomic E-state index is -0.986. The van der Waals surface area contributed by atoms with Gasteiger partial charge in [-0.2, -0.15) is 5.10 Å². The highest BCUT2D eigenvalue weighted by atomic mass is 35.5. The van der Waals surface area contributed by atoms with Crippen LogP contribution >= 0.6 is 11.6 Å². The SMILES string of the molecule is C=C/C(=C\N=C(/N)NC(C)(C)c1ncccc1Cl)n1cc(C(C)(C)O)cn1. The zero-order valence-corrected chi connectivity index (χ0v) is 16.7. The number of pyridine rings is 1. The summed E-state index contributed by atoms with van der Waals surface area (Å²) in [5.41, 5.74) is 6.36. The molecule has 8 heteroatoms. The summed E-state index contributed by atoms with van der Waals surface area (Å²) < 4.78 is 1.57. The first kappa shape index (κ1) is 20.7. The number of aliphatic imine (C=N–C) groups is 1. The summed E-state index contributed by atoms with van der Waals surface area (Å²) in [5.74, 6) is 0.191. The molecule has 0 atom stereocenters. The molecule has 0 spiro atoms. The van der Waals surface area contributed by atoms with E-state index in [0.29, 0.717) is 22.0 Å². The van der Waals surface area contributed by atoms with E-state index in [9.17, 15) is 5.11 Å². The van der Waals surface area contributed by atoms with Crippen LogP contribution < -0.4 is 11.1 Å². The van der Waals surface area contributed by atoms with Crippen LogP contribution in [0, 0.1) is 0 Å². The molecule has 0 aliphatic carbocycles. The Morgan fingerprint density at radius 2 is 2.11 bits per heavy atom. The van der Waals surface area contributed by atoms with Gasteiger partial charge in [0.2, 0.25) is 0 Å². The lowest BCUT2D eigenvalue weighted by Gasteiger charge is -2.26. The first-order valence-corrected chi connectivity index (χ1v) is 8.75. The van der Waals surface area contributed by atoms with Crippen molar-refractivity contribution in [2.75, 3.05) is 0 Å². The van der Waals surface area contributed by atoms with Crippen LogP contribution in [0.3, 0.4) is 0 Å². The lowest BCUT2D eigenvalue weighted by molar-refractivity contribution is 0.0786. The van der Waals surface area contributed by atoms with Crippen molar-refractivity contribution in [3.63, 3.8) is 0 Å². The molecule has 0 aliphatic heterocycles. The van der Waals surface area contributed by atoms with E-state index in [1.54, 1.807) is 55.3 Å². The Morgan fingerprint density at radius 3 is 2.67 bits per heavy atom. The monoisotopic (exact) mass is 388 g/mol. The van der Waals surface area contributed by atoms with Crippen LogP contribution in [0.25, 0.3) is 5.70 Å². The van der Waals surface area contributed by atoms with Gasteiger partial charge in [0.05, 0.1) is 40.0 Å². The van der Waals surface area contributed by atoms with Crippen molar-refractivity contribution in [2.45, 2.75) is 38.8 Å². The summed E-state index contributed by atoms with van der Waals surface area (Å²) in [6.45, 7) is 11.0. The number of nitrogens with one attached hydrogen (secondary N) is 1. The van der Waals surface area contributed by atoms with Crippen LogP contribution in [0.5, 0.6) is 0 Å². The summed E-state index contributed by atoms with van der Waals surface area (Å²) in [7, 11) is 0. The molecule has 0 radical (unpaired) electrons. The maximum absolute atomic E-state index is 10.1. The Labute approximate surface area is 164 Å². The van der Waals surface area contributed by atoms with E-state index in [1.807, 2.05) is 13.8 Å². The highest BCUT2D eigenvalue weighted by Gasteiger charge is 2.25. The van der Waals surface area contributed by atoms with Crippen molar-refractivity contribution in [3.05, 3.63) is 65.9 Å². The van der Waals surface area contributed by atoms with Crippen molar-refractivity contribution in [1.82, 2.24) is 20.1 Å². The number of hydrogen-bond acceptors (Lipinski definition) is 4. The quantitative estimate of drug-likeness (QED) is 0.401. The molecule has 2 heterocycles. The fourth-order valence-electron chi connectivity index (χ4n) is 2.38. The smallest absolute Gasteiger partial charge is 0.194 e. The molecule has 0 amide bonds. The van der Waals surface area contributed by atoms with Crippen LogP contribution in [0.4, 0.5) is 0 Å². The molecule has 0 fully saturated rings. The van der Waals surface area contributed by atoms with Crippen LogP contribution in [-0.4, -0.2) is 25.8 Å². The Bertz CT molecular complexity index is 876. The maximum atomic E-state index is 10.1. The van der Waals surface area contributed by atoms with E-state index in [2.05, 4.69) is 27.0 Å². The third kappa shape index (κ3) is 5.18. The molecule has 2 aromatic rings. The lowest BCUT2D eigenvalue weighted by Crippen LogP contribution is -2.45. The third-order valence-corrected chi connectivity index (χ3v) is 4.19. The number of hydrogen-bond donors (Lipinski definition) is 3. The molecule has 27 heavy (non-hydrogen) atoms. The third-order valence-electron chi connectivity index (χ3n) is 3.89. The number of aromatic nitrogens is 3. The largest absolute Gasteiger partial charge is 0.386 e. The Balaban J connectivity index is 2.22. The maximum Gasteiger partial charge on any atom is 0.194 e. The van der Waals surface area contributed by atoms with Gasteiger partial charge in [0.1, 0.15) is 0 Å². The molecule has 4 N–H and O–H groups in total. The van der Waals surface area contributed by atoms with Gasteiger partial charge in [-0.3, -0.25) is 4.98 Å². The van der Waals surface area contributed by atoms with E-state index >= 15 is 0 Å². The van der Waals surface area contributed by atoms with Gasteiger partial charge in [-0.25, -0.2) is 9.67 Å². The van der Waals surface area contributed by atoms with Crippen molar-refractivity contribution in [2.24, 2.45) is 10.7 Å². The van der Waals surface area contributed by atoms with E-state index in [-0.39, 0.29) is 5.96 Å². The van der Waals surface area contributed by atoms with Crippen LogP contribution in [0.15, 0.2) is 54.6 Å². The predicted octanol–water partition coefficient (Wildman–Crippen LogP) is 2.98. The Kier molecular flexibility index (Phi) is 6.08. The van der Waals surface area contributed by atoms with E-state index in [0.717, 1.165) is 0 Å². The van der Waals surface area contributed by atoms with Crippen molar-refractivity contribution in [1.29, 1.82) is 0 Å². The molecule has 144 valence electrons. The van der Waals surface area contributed by atoms with E-state index < -0.39 is 11.1 Å². The summed E-state index contributed by atoms with van der Waals surface area (Å²) in [4.78, 5) is 8.55. The van der Waals surface area contributed by atoms with Gasteiger partial charge in [0.15, 0.2) is 5.96 Å². The first-order valence-electron chi connectivity index (χ1n) is 8.37. The van der Waals surface area contributed by atoms with Gasteiger partial charge in [-0.1, -0.05) is 18.2 Å². The topological polar surface area (TPSA) is 101 Å².